The van der Waals surface area contributed by atoms with Crippen LogP contribution in [0.25, 0.3) is 0 Å². The molecule has 0 aliphatic carbocycles. The van der Waals surface area contributed by atoms with Gasteiger partial charge < -0.3 is 5.32 Å². The lowest BCUT2D eigenvalue weighted by atomic mass is 10.1. The Hall–Kier alpha value is -2.43. The largest absolute Gasteiger partial charge is 0.376 e. The normalized spacial score (nSPS) is 17.0. The monoisotopic (exact) mass is 241 g/mol. The lowest BCUT2D eigenvalue weighted by Crippen LogP contribution is -2.07. The molecule has 0 bridgehead atoms. The molecule has 1 atom stereocenters. The van der Waals surface area contributed by atoms with E-state index in [2.05, 4.69) is 10.3 Å². The van der Waals surface area contributed by atoms with Crippen LogP contribution in [0.15, 0.2) is 42.6 Å². The number of nitrogens with zero attached hydrogens (tertiary/aromatic N) is 2. The highest BCUT2D eigenvalue weighted by atomic mass is 16.6. The predicted octanol–water partition coefficient (Wildman–Crippen LogP) is 2.70. The van der Waals surface area contributed by atoms with Gasteiger partial charge in [0.2, 0.25) is 0 Å². The van der Waals surface area contributed by atoms with Crippen LogP contribution >= 0.6 is 0 Å². The van der Waals surface area contributed by atoms with Crippen molar-refractivity contribution in [1.82, 2.24) is 4.98 Å². The van der Waals surface area contributed by atoms with Gasteiger partial charge in [-0.15, -0.1) is 0 Å². The van der Waals surface area contributed by atoms with Crippen molar-refractivity contribution >= 4 is 11.4 Å². The molecule has 3 rings (SSSR count). The van der Waals surface area contributed by atoms with Crippen molar-refractivity contribution < 1.29 is 4.92 Å². The van der Waals surface area contributed by atoms with Gasteiger partial charge in [0.15, 0.2) is 0 Å². The number of aromatic nitrogens is 1. The maximum absolute atomic E-state index is 10.7. The van der Waals surface area contributed by atoms with Crippen molar-refractivity contribution in [2.24, 2.45) is 0 Å². The van der Waals surface area contributed by atoms with Crippen molar-refractivity contribution in [3.63, 3.8) is 0 Å². The molecule has 18 heavy (non-hydrogen) atoms. The average molecular weight is 241 g/mol. The maximum atomic E-state index is 10.7. The van der Waals surface area contributed by atoms with Crippen molar-refractivity contribution in [1.29, 1.82) is 0 Å². The summed E-state index contributed by atoms with van der Waals surface area (Å²) in [6.45, 7) is 0. The van der Waals surface area contributed by atoms with E-state index in [-0.39, 0.29) is 16.7 Å². The quantitative estimate of drug-likeness (QED) is 0.648. The lowest BCUT2D eigenvalue weighted by Gasteiger charge is -2.09. The highest BCUT2D eigenvalue weighted by Gasteiger charge is 2.24. The zero-order valence-electron chi connectivity index (χ0n) is 9.54. The first-order valence-corrected chi connectivity index (χ1v) is 5.69. The Kier molecular flexibility index (Phi) is 2.44. The van der Waals surface area contributed by atoms with Crippen LogP contribution in [-0.4, -0.2) is 9.91 Å². The fourth-order valence-corrected chi connectivity index (χ4v) is 2.22. The van der Waals surface area contributed by atoms with Crippen molar-refractivity contribution in [3.05, 3.63) is 64.0 Å². The smallest absolute Gasteiger partial charge is 0.269 e. The Morgan fingerprint density at radius 3 is 2.94 bits per heavy atom. The number of fused-ring (bicyclic) bond motifs is 1. The summed E-state index contributed by atoms with van der Waals surface area (Å²) in [5.41, 5.74) is 3.02. The van der Waals surface area contributed by atoms with Gasteiger partial charge >= 0.3 is 0 Å². The van der Waals surface area contributed by atoms with Crippen LogP contribution in [0, 0.1) is 10.1 Å². The SMILES string of the molecule is O=[N+]([O-])c1ccc2c(c1)CC(c1ccccn1)N2. The molecule has 2 heterocycles. The molecule has 0 saturated carbocycles. The number of benzene rings is 1. The molecule has 0 amide bonds. The highest BCUT2D eigenvalue weighted by Crippen LogP contribution is 2.35. The summed E-state index contributed by atoms with van der Waals surface area (Å²) >= 11 is 0. The number of hydrogen-bond donors (Lipinski definition) is 1. The van der Waals surface area contributed by atoms with Gasteiger partial charge in [-0.05, 0) is 23.8 Å². The highest BCUT2D eigenvalue weighted by molar-refractivity contribution is 5.61. The van der Waals surface area contributed by atoms with E-state index in [4.69, 9.17) is 0 Å². The van der Waals surface area contributed by atoms with Crippen LogP contribution < -0.4 is 5.32 Å². The molecule has 0 radical (unpaired) electrons. The van der Waals surface area contributed by atoms with E-state index in [0.29, 0.717) is 0 Å². The van der Waals surface area contributed by atoms with Gasteiger partial charge in [-0.3, -0.25) is 15.1 Å². The molecule has 0 fully saturated rings. The van der Waals surface area contributed by atoms with Crippen molar-refractivity contribution in [2.45, 2.75) is 12.5 Å². The van der Waals surface area contributed by atoms with Gasteiger partial charge in [-0.1, -0.05) is 6.07 Å². The second kappa shape index (κ2) is 4.10. The van der Waals surface area contributed by atoms with Crippen molar-refractivity contribution in [3.8, 4) is 0 Å². The Morgan fingerprint density at radius 1 is 1.33 bits per heavy atom. The first kappa shape index (κ1) is 10.7. The first-order chi connectivity index (χ1) is 8.74. The standard InChI is InChI=1S/C13H11N3O2/c17-16(18)10-4-5-11-9(7-10)8-13(15-11)12-3-1-2-6-14-12/h1-7,13,15H,8H2. The maximum Gasteiger partial charge on any atom is 0.269 e. The van der Waals surface area contributed by atoms with E-state index in [1.165, 1.54) is 6.07 Å². The molecule has 1 aliphatic heterocycles. The third-order valence-electron chi connectivity index (χ3n) is 3.10. The topological polar surface area (TPSA) is 68.1 Å². The number of non-ortho nitro benzene ring substituents is 1. The molecule has 1 N–H and O–H groups in total. The van der Waals surface area contributed by atoms with Gasteiger partial charge in [0, 0.05) is 30.4 Å². The summed E-state index contributed by atoms with van der Waals surface area (Å²) in [6.07, 6.45) is 2.48. The molecule has 1 aromatic carbocycles. The number of pyridine rings is 1. The third kappa shape index (κ3) is 1.79. The van der Waals surface area contributed by atoms with E-state index < -0.39 is 0 Å². The summed E-state index contributed by atoms with van der Waals surface area (Å²) in [5.74, 6) is 0. The summed E-state index contributed by atoms with van der Waals surface area (Å²) in [6, 6.07) is 10.8. The van der Waals surface area contributed by atoms with Gasteiger partial charge in [-0.2, -0.15) is 0 Å². The molecule has 0 spiro atoms. The van der Waals surface area contributed by atoms with E-state index >= 15 is 0 Å². The zero-order valence-corrected chi connectivity index (χ0v) is 9.54. The predicted molar refractivity (Wildman–Crippen MR) is 67.4 cm³/mol. The number of rotatable bonds is 2. The van der Waals surface area contributed by atoms with Crippen LogP contribution in [0.4, 0.5) is 11.4 Å². The van der Waals surface area contributed by atoms with E-state index in [9.17, 15) is 10.1 Å². The van der Waals surface area contributed by atoms with E-state index in [1.807, 2.05) is 18.2 Å². The average Bonchev–Trinajstić information content (AvgIpc) is 2.82. The van der Waals surface area contributed by atoms with Crippen LogP contribution in [0.5, 0.6) is 0 Å². The molecule has 1 aliphatic rings. The van der Waals surface area contributed by atoms with Crippen LogP contribution in [-0.2, 0) is 6.42 Å². The summed E-state index contributed by atoms with van der Waals surface area (Å²) in [4.78, 5) is 14.7. The van der Waals surface area contributed by atoms with Gasteiger partial charge in [0.1, 0.15) is 0 Å². The van der Waals surface area contributed by atoms with Crippen molar-refractivity contribution in [2.75, 3.05) is 5.32 Å². The minimum absolute atomic E-state index is 0.100. The van der Waals surface area contributed by atoms with Crippen LogP contribution in [0.1, 0.15) is 17.3 Å². The summed E-state index contributed by atoms with van der Waals surface area (Å²) in [5, 5.41) is 14.1. The molecule has 2 aromatic rings. The van der Waals surface area contributed by atoms with Crippen LogP contribution in [0.2, 0.25) is 0 Å². The number of nitro benzene ring substituents is 1. The molecule has 1 unspecified atom stereocenters. The number of anilines is 1. The second-order valence-corrected chi connectivity index (χ2v) is 4.25. The number of hydrogen-bond acceptors (Lipinski definition) is 4. The zero-order chi connectivity index (χ0) is 12.5. The Morgan fingerprint density at radius 2 is 2.22 bits per heavy atom. The van der Waals surface area contributed by atoms with Gasteiger partial charge in [-0.25, -0.2) is 0 Å². The number of nitrogens with one attached hydrogen (secondary N) is 1. The summed E-state index contributed by atoms with van der Waals surface area (Å²) in [7, 11) is 0. The first-order valence-electron chi connectivity index (χ1n) is 5.69. The van der Waals surface area contributed by atoms with Gasteiger partial charge in [0.05, 0.1) is 16.7 Å². The Balaban J connectivity index is 1.90. The second-order valence-electron chi connectivity index (χ2n) is 4.25. The Bertz CT molecular complexity index is 598. The third-order valence-corrected chi connectivity index (χ3v) is 3.10. The fourth-order valence-electron chi connectivity index (χ4n) is 2.22. The molecule has 5 nitrogen and oxygen atoms in total. The van der Waals surface area contributed by atoms with E-state index in [1.54, 1.807) is 18.3 Å². The molecular formula is C13H11N3O2. The summed E-state index contributed by atoms with van der Waals surface area (Å²) < 4.78 is 0. The molecule has 0 saturated heterocycles. The van der Waals surface area contributed by atoms with Crippen LogP contribution in [0.3, 0.4) is 0 Å². The minimum atomic E-state index is -0.367. The molecular weight excluding hydrogens is 230 g/mol. The fraction of sp³-hybridized carbons (Fsp3) is 0.154. The Labute approximate surface area is 104 Å². The lowest BCUT2D eigenvalue weighted by molar-refractivity contribution is -0.384. The molecule has 90 valence electrons. The molecule has 1 aromatic heterocycles. The molecule has 5 heteroatoms. The van der Waals surface area contributed by atoms with Gasteiger partial charge in [0.25, 0.3) is 5.69 Å². The number of nitro groups is 1. The van der Waals surface area contributed by atoms with E-state index in [0.717, 1.165) is 23.4 Å². The minimum Gasteiger partial charge on any atom is -0.376 e.